The highest BCUT2D eigenvalue weighted by Crippen LogP contribution is 2.23. The molecule has 0 radical (unpaired) electrons. The summed E-state index contributed by atoms with van der Waals surface area (Å²) in [5.41, 5.74) is 1.04. The van der Waals surface area contributed by atoms with Crippen LogP contribution in [0, 0.1) is 0 Å². The largest absolute Gasteiger partial charge is 0.364 e. The van der Waals surface area contributed by atoms with Crippen molar-refractivity contribution in [3.8, 4) is 0 Å². The maximum absolute atomic E-state index is 9.20. The van der Waals surface area contributed by atoms with Crippen LogP contribution in [0.15, 0.2) is 11.6 Å². The predicted molar refractivity (Wildman–Crippen MR) is 39.5 cm³/mol. The molecule has 0 aliphatic carbocycles. The average Bonchev–Trinajstić information content (AvgIpc) is 2.13. The second kappa shape index (κ2) is 3.17. The van der Waals surface area contributed by atoms with Gasteiger partial charge in [-0.3, -0.25) is 0 Å². The van der Waals surface area contributed by atoms with Crippen molar-refractivity contribution in [1.82, 2.24) is 0 Å². The van der Waals surface area contributed by atoms with Crippen LogP contribution in [-0.2, 0) is 4.74 Å². The second-order valence-corrected chi connectivity index (χ2v) is 2.69. The molecular weight excluding hydrogens is 128 g/mol. The summed E-state index contributed by atoms with van der Waals surface area (Å²) in [7, 11) is 0. The Bertz CT molecular complexity index is 140. The van der Waals surface area contributed by atoms with Gasteiger partial charge < -0.3 is 9.84 Å². The third kappa shape index (κ3) is 1.58. The molecule has 0 saturated carbocycles. The molecule has 10 heavy (non-hydrogen) atoms. The maximum atomic E-state index is 9.20. The molecule has 0 spiro atoms. The molecule has 2 unspecified atom stereocenters. The summed E-state index contributed by atoms with van der Waals surface area (Å²) in [5.74, 6) is 0. The van der Waals surface area contributed by atoms with Gasteiger partial charge in [-0.25, -0.2) is 0 Å². The van der Waals surface area contributed by atoms with E-state index < -0.39 is 6.29 Å². The summed E-state index contributed by atoms with van der Waals surface area (Å²) in [5, 5.41) is 9.20. The molecule has 0 aromatic heterocycles. The number of ether oxygens (including phenoxy) is 1. The van der Waals surface area contributed by atoms with Crippen LogP contribution < -0.4 is 0 Å². The minimum Gasteiger partial charge on any atom is -0.364 e. The van der Waals surface area contributed by atoms with Crippen molar-refractivity contribution < 1.29 is 9.84 Å². The number of rotatable bonds is 1. The van der Waals surface area contributed by atoms with Crippen molar-refractivity contribution in [3.05, 3.63) is 11.6 Å². The van der Waals surface area contributed by atoms with Gasteiger partial charge >= 0.3 is 0 Å². The van der Waals surface area contributed by atoms with Crippen molar-refractivity contribution in [2.75, 3.05) is 0 Å². The Balaban J connectivity index is 2.54. The number of aliphatic hydroxyl groups excluding tert-OH is 1. The van der Waals surface area contributed by atoms with E-state index in [-0.39, 0.29) is 6.10 Å². The molecule has 0 aromatic rings. The Kier molecular flexibility index (Phi) is 2.46. The molecule has 1 saturated heterocycles. The molecule has 2 nitrogen and oxygen atoms in total. The third-order valence-electron chi connectivity index (χ3n) is 1.67. The molecule has 0 bridgehead atoms. The first kappa shape index (κ1) is 7.76. The van der Waals surface area contributed by atoms with Gasteiger partial charge in [0.05, 0.1) is 6.10 Å². The summed E-state index contributed by atoms with van der Waals surface area (Å²) in [6.45, 7) is 4.03. The SMILES string of the molecule is CC/C=C1/CC(C)OC1O. The van der Waals surface area contributed by atoms with E-state index in [4.69, 9.17) is 4.74 Å². The number of hydrogen-bond acceptors (Lipinski definition) is 2. The van der Waals surface area contributed by atoms with E-state index in [1.807, 2.05) is 13.0 Å². The number of hydrogen-bond donors (Lipinski definition) is 1. The van der Waals surface area contributed by atoms with E-state index in [9.17, 15) is 5.11 Å². The molecule has 1 rings (SSSR count). The maximum Gasteiger partial charge on any atom is 0.177 e. The summed E-state index contributed by atoms with van der Waals surface area (Å²) < 4.78 is 5.11. The molecular formula is C8H14O2. The zero-order valence-electron chi connectivity index (χ0n) is 6.50. The van der Waals surface area contributed by atoms with Gasteiger partial charge in [0.1, 0.15) is 0 Å². The van der Waals surface area contributed by atoms with E-state index in [0.29, 0.717) is 0 Å². The molecule has 1 aliphatic rings. The highest BCUT2D eigenvalue weighted by Gasteiger charge is 2.23. The fourth-order valence-corrected chi connectivity index (χ4v) is 1.23. The van der Waals surface area contributed by atoms with Crippen LogP contribution in [0.2, 0.25) is 0 Å². The fraction of sp³-hybridized carbons (Fsp3) is 0.750. The zero-order chi connectivity index (χ0) is 7.56. The molecule has 1 aliphatic heterocycles. The molecule has 1 N–H and O–H groups in total. The van der Waals surface area contributed by atoms with Gasteiger partial charge in [0.25, 0.3) is 0 Å². The molecule has 0 amide bonds. The minimum absolute atomic E-state index is 0.188. The van der Waals surface area contributed by atoms with Crippen molar-refractivity contribution in [1.29, 1.82) is 0 Å². The predicted octanol–water partition coefficient (Wildman–Crippen LogP) is 1.45. The first-order valence-electron chi connectivity index (χ1n) is 3.76. The lowest BCUT2D eigenvalue weighted by Crippen LogP contribution is -2.07. The van der Waals surface area contributed by atoms with Gasteiger partial charge in [-0.1, -0.05) is 13.0 Å². The molecule has 0 aromatic carbocycles. The van der Waals surface area contributed by atoms with Gasteiger partial charge in [0.15, 0.2) is 6.29 Å². The normalized spacial score (nSPS) is 37.3. The quantitative estimate of drug-likeness (QED) is 0.561. The summed E-state index contributed by atoms with van der Waals surface area (Å²) in [6, 6.07) is 0. The second-order valence-electron chi connectivity index (χ2n) is 2.69. The van der Waals surface area contributed by atoms with E-state index in [1.54, 1.807) is 0 Å². The zero-order valence-corrected chi connectivity index (χ0v) is 6.50. The van der Waals surface area contributed by atoms with Crippen LogP contribution in [-0.4, -0.2) is 17.5 Å². The van der Waals surface area contributed by atoms with E-state index in [0.717, 1.165) is 18.4 Å². The first-order valence-corrected chi connectivity index (χ1v) is 3.76. The van der Waals surface area contributed by atoms with Crippen LogP contribution in [0.1, 0.15) is 26.7 Å². The highest BCUT2D eigenvalue weighted by molar-refractivity contribution is 5.09. The van der Waals surface area contributed by atoms with Crippen molar-refractivity contribution in [2.45, 2.75) is 39.1 Å². The van der Waals surface area contributed by atoms with Gasteiger partial charge in [-0.15, -0.1) is 0 Å². The van der Waals surface area contributed by atoms with E-state index in [2.05, 4.69) is 6.92 Å². The molecule has 2 heteroatoms. The van der Waals surface area contributed by atoms with Crippen molar-refractivity contribution in [3.63, 3.8) is 0 Å². The fourth-order valence-electron chi connectivity index (χ4n) is 1.23. The van der Waals surface area contributed by atoms with E-state index >= 15 is 0 Å². The lowest BCUT2D eigenvalue weighted by molar-refractivity contribution is -0.0698. The molecule has 58 valence electrons. The van der Waals surface area contributed by atoms with Crippen molar-refractivity contribution in [2.24, 2.45) is 0 Å². The molecule has 1 heterocycles. The smallest absolute Gasteiger partial charge is 0.177 e. The Morgan fingerprint density at radius 1 is 1.80 bits per heavy atom. The molecule has 2 atom stereocenters. The summed E-state index contributed by atoms with van der Waals surface area (Å²) in [6.07, 6.45) is 3.45. The molecule has 1 fully saturated rings. The Morgan fingerprint density at radius 3 is 2.90 bits per heavy atom. The van der Waals surface area contributed by atoms with Gasteiger partial charge in [-0.2, -0.15) is 0 Å². The topological polar surface area (TPSA) is 29.5 Å². The van der Waals surface area contributed by atoms with Gasteiger partial charge in [0.2, 0.25) is 0 Å². The van der Waals surface area contributed by atoms with Crippen molar-refractivity contribution >= 4 is 0 Å². The summed E-state index contributed by atoms with van der Waals surface area (Å²) in [4.78, 5) is 0. The van der Waals surface area contributed by atoms with Crippen LogP contribution in [0.25, 0.3) is 0 Å². The average molecular weight is 142 g/mol. The van der Waals surface area contributed by atoms with Crippen LogP contribution in [0.5, 0.6) is 0 Å². The third-order valence-corrected chi connectivity index (χ3v) is 1.67. The van der Waals surface area contributed by atoms with Crippen LogP contribution in [0.4, 0.5) is 0 Å². The Morgan fingerprint density at radius 2 is 2.50 bits per heavy atom. The Hall–Kier alpha value is -0.340. The lowest BCUT2D eigenvalue weighted by atomic mass is 10.1. The summed E-state index contributed by atoms with van der Waals surface area (Å²) >= 11 is 0. The minimum atomic E-state index is -0.630. The number of allylic oxidation sites excluding steroid dienone is 1. The van der Waals surface area contributed by atoms with Gasteiger partial charge in [0, 0.05) is 0 Å². The highest BCUT2D eigenvalue weighted by atomic mass is 16.6. The number of aliphatic hydroxyl groups is 1. The first-order chi connectivity index (χ1) is 4.74. The van der Waals surface area contributed by atoms with Crippen LogP contribution >= 0.6 is 0 Å². The lowest BCUT2D eigenvalue weighted by Gasteiger charge is -2.02. The monoisotopic (exact) mass is 142 g/mol. The van der Waals surface area contributed by atoms with E-state index in [1.165, 1.54) is 0 Å². The van der Waals surface area contributed by atoms with Gasteiger partial charge in [-0.05, 0) is 25.3 Å². The Labute approximate surface area is 61.5 Å². The van der Waals surface area contributed by atoms with Crippen LogP contribution in [0.3, 0.4) is 0 Å². The standard InChI is InChI=1S/C8H14O2/c1-3-4-7-5-6(2)10-8(7)9/h4,6,8-9H,3,5H2,1-2H3/b7-4-.